The first kappa shape index (κ1) is 25.9. The molecule has 2 aromatic carbocycles. The van der Waals surface area contributed by atoms with E-state index < -0.39 is 17.7 Å². The monoisotopic (exact) mass is 522 g/mol. The van der Waals surface area contributed by atoms with Gasteiger partial charge in [-0.3, -0.25) is 9.88 Å². The molecule has 0 bridgehead atoms. The summed E-state index contributed by atoms with van der Waals surface area (Å²) in [6.07, 6.45) is 5.19. The highest BCUT2D eigenvalue weighted by Gasteiger charge is 2.51. The maximum Gasteiger partial charge on any atom is 0.319 e. The summed E-state index contributed by atoms with van der Waals surface area (Å²) < 4.78 is 37.9. The molecule has 3 atom stereocenters. The van der Waals surface area contributed by atoms with Crippen LogP contribution in [-0.2, 0) is 12.0 Å². The van der Waals surface area contributed by atoms with Crippen molar-refractivity contribution in [3.8, 4) is 11.5 Å². The normalized spacial score (nSPS) is 22.9. The Bertz CT molecular complexity index is 1290. The summed E-state index contributed by atoms with van der Waals surface area (Å²) in [4.78, 5) is 19.7. The summed E-state index contributed by atoms with van der Waals surface area (Å²) in [7, 11) is 3.27. The summed E-state index contributed by atoms with van der Waals surface area (Å²) >= 11 is 0. The molecule has 9 heteroatoms. The number of aromatic nitrogens is 1. The number of carbonyl (C=O) groups is 1. The third-order valence-electron chi connectivity index (χ3n) is 7.93. The molecule has 200 valence electrons. The van der Waals surface area contributed by atoms with Gasteiger partial charge in [-0.2, -0.15) is 0 Å². The summed E-state index contributed by atoms with van der Waals surface area (Å²) in [6.45, 7) is 1.62. The quantitative estimate of drug-likeness (QED) is 0.443. The number of nitrogens with zero attached hydrogens (tertiary/aromatic N) is 2. The van der Waals surface area contributed by atoms with Crippen LogP contribution in [0, 0.1) is 11.6 Å². The lowest BCUT2D eigenvalue weighted by Gasteiger charge is -2.45. The van der Waals surface area contributed by atoms with Crippen LogP contribution in [0.2, 0.25) is 0 Å². The van der Waals surface area contributed by atoms with Crippen molar-refractivity contribution in [2.45, 2.75) is 49.7 Å². The largest absolute Gasteiger partial charge is 0.493 e. The molecule has 5 rings (SSSR count). The molecule has 3 aromatic rings. The maximum absolute atomic E-state index is 13.6. The van der Waals surface area contributed by atoms with Crippen molar-refractivity contribution >= 4 is 11.7 Å². The number of pyridine rings is 1. The number of carbonyl (C=O) groups excluding carboxylic acids is 1. The van der Waals surface area contributed by atoms with Gasteiger partial charge in [0.1, 0.15) is 0 Å². The molecule has 1 aliphatic heterocycles. The molecule has 2 amide bonds. The topological polar surface area (TPSA) is 75.7 Å². The third-order valence-corrected chi connectivity index (χ3v) is 7.93. The molecule has 0 radical (unpaired) electrons. The predicted octanol–water partition coefficient (Wildman–Crippen LogP) is 5.26. The van der Waals surface area contributed by atoms with Crippen LogP contribution in [0.3, 0.4) is 0 Å². The zero-order valence-electron chi connectivity index (χ0n) is 21.5. The van der Waals surface area contributed by atoms with E-state index in [2.05, 4.69) is 32.7 Å². The molecule has 1 saturated heterocycles. The Morgan fingerprint density at radius 1 is 1.05 bits per heavy atom. The Hall–Kier alpha value is -3.72. The van der Waals surface area contributed by atoms with Crippen molar-refractivity contribution in [2.24, 2.45) is 0 Å². The van der Waals surface area contributed by atoms with Gasteiger partial charge in [0, 0.05) is 42.0 Å². The lowest BCUT2D eigenvalue weighted by atomic mass is 9.65. The zero-order chi connectivity index (χ0) is 26.7. The average molecular weight is 523 g/mol. The van der Waals surface area contributed by atoms with Gasteiger partial charge in [0.05, 0.1) is 19.9 Å². The minimum absolute atomic E-state index is 0.0807. The van der Waals surface area contributed by atoms with Crippen molar-refractivity contribution in [2.75, 3.05) is 26.1 Å². The first-order valence-electron chi connectivity index (χ1n) is 12.8. The lowest BCUT2D eigenvalue weighted by molar-refractivity contribution is 0.130. The predicted molar refractivity (Wildman–Crippen MR) is 140 cm³/mol. The highest BCUT2D eigenvalue weighted by molar-refractivity contribution is 5.89. The first-order chi connectivity index (χ1) is 18.4. The number of amides is 2. The number of anilines is 1. The lowest BCUT2D eigenvalue weighted by Crippen LogP contribution is -2.52. The van der Waals surface area contributed by atoms with Crippen LogP contribution in [0.5, 0.6) is 11.5 Å². The van der Waals surface area contributed by atoms with E-state index in [4.69, 9.17) is 9.47 Å². The van der Waals surface area contributed by atoms with E-state index in [0.717, 1.165) is 50.1 Å². The molecule has 0 spiro atoms. The number of hydrogen-bond donors (Lipinski definition) is 2. The third kappa shape index (κ3) is 5.15. The summed E-state index contributed by atoms with van der Waals surface area (Å²) in [5.74, 6) is -0.565. The summed E-state index contributed by atoms with van der Waals surface area (Å²) in [5, 5.41) is 5.68. The Labute approximate surface area is 221 Å². The fourth-order valence-electron chi connectivity index (χ4n) is 6.07. The van der Waals surface area contributed by atoms with Crippen LogP contribution >= 0.6 is 0 Å². The van der Waals surface area contributed by atoms with Gasteiger partial charge in [0.15, 0.2) is 23.1 Å². The molecule has 2 heterocycles. The number of ether oxygens (including phenoxy) is 2. The highest BCUT2D eigenvalue weighted by Crippen LogP contribution is 2.50. The molecule has 38 heavy (non-hydrogen) atoms. The molecular weight excluding hydrogens is 490 g/mol. The van der Waals surface area contributed by atoms with E-state index in [0.29, 0.717) is 18.0 Å². The van der Waals surface area contributed by atoms with Crippen LogP contribution in [-0.4, -0.2) is 48.8 Å². The van der Waals surface area contributed by atoms with Crippen LogP contribution in [0.4, 0.5) is 19.3 Å². The van der Waals surface area contributed by atoms with Crippen molar-refractivity contribution in [1.29, 1.82) is 0 Å². The number of likely N-dealkylation sites (tertiary alicyclic amines) is 1. The molecule has 1 aliphatic carbocycles. The van der Waals surface area contributed by atoms with Gasteiger partial charge in [-0.25, -0.2) is 13.6 Å². The van der Waals surface area contributed by atoms with Crippen molar-refractivity contribution in [3.05, 3.63) is 83.7 Å². The number of fused-ring (bicyclic) bond motifs is 1. The number of hydrogen-bond acceptors (Lipinski definition) is 5. The van der Waals surface area contributed by atoms with Gasteiger partial charge >= 0.3 is 6.03 Å². The second-order valence-corrected chi connectivity index (χ2v) is 9.98. The SMILES string of the molecule is COc1ccc(C23CCC(NC(=O)Nc4ccc(F)c(F)c4)CC2N(Cc2ccccn2)CC3)cc1OC. The first-order valence-corrected chi connectivity index (χ1v) is 12.8. The van der Waals surface area contributed by atoms with Crippen LogP contribution in [0.1, 0.15) is 36.9 Å². The average Bonchev–Trinajstić information content (AvgIpc) is 3.29. The highest BCUT2D eigenvalue weighted by atomic mass is 19.2. The zero-order valence-corrected chi connectivity index (χ0v) is 21.5. The number of methoxy groups -OCH3 is 2. The van der Waals surface area contributed by atoms with E-state index in [-0.39, 0.29) is 23.2 Å². The van der Waals surface area contributed by atoms with Crippen LogP contribution in [0.15, 0.2) is 60.8 Å². The number of nitrogens with one attached hydrogen (secondary N) is 2. The number of urea groups is 1. The molecule has 7 nitrogen and oxygen atoms in total. The van der Waals surface area contributed by atoms with Gasteiger partial charge in [0.2, 0.25) is 0 Å². The smallest absolute Gasteiger partial charge is 0.319 e. The summed E-state index contributed by atoms with van der Waals surface area (Å²) in [5.41, 5.74) is 2.30. The summed E-state index contributed by atoms with van der Waals surface area (Å²) in [6, 6.07) is 15.1. The molecule has 3 unspecified atom stereocenters. The van der Waals surface area contributed by atoms with E-state index in [9.17, 15) is 13.6 Å². The van der Waals surface area contributed by atoms with E-state index in [1.165, 1.54) is 11.6 Å². The van der Waals surface area contributed by atoms with Crippen LogP contribution in [0.25, 0.3) is 0 Å². The Kier molecular flexibility index (Phi) is 7.46. The molecule has 2 aliphatic rings. The fourth-order valence-corrected chi connectivity index (χ4v) is 6.07. The number of benzene rings is 2. The second-order valence-electron chi connectivity index (χ2n) is 9.98. The minimum Gasteiger partial charge on any atom is -0.493 e. The minimum atomic E-state index is -1.00. The standard InChI is InChI=1S/C29H32F2N4O3/c1-37-25-9-6-19(15-26(25)38-2)29-11-10-21(34-28(36)33-20-7-8-23(30)24(31)16-20)17-27(29)35(14-12-29)18-22-5-3-4-13-32-22/h3-9,13,15-16,21,27H,10-12,14,17-18H2,1-2H3,(H2,33,34,36). The van der Waals surface area contributed by atoms with E-state index in [1.54, 1.807) is 20.4 Å². The van der Waals surface area contributed by atoms with Gasteiger partial charge in [-0.15, -0.1) is 0 Å². The number of halogens is 2. The molecule has 2 fully saturated rings. The van der Waals surface area contributed by atoms with Gasteiger partial charge in [-0.1, -0.05) is 12.1 Å². The fraction of sp³-hybridized carbons (Fsp3) is 0.379. The molecular formula is C29H32F2N4O3. The molecule has 1 aromatic heterocycles. The Morgan fingerprint density at radius 3 is 2.63 bits per heavy atom. The molecule has 1 saturated carbocycles. The Morgan fingerprint density at radius 2 is 1.89 bits per heavy atom. The maximum atomic E-state index is 13.6. The van der Waals surface area contributed by atoms with Crippen molar-refractivity contribution in [3.63, 3.8) is 0 Å². The Balaban J connectivity index is 1.37. The second kappa shape index (κ2) is 10.9. The number of rotatable bonds is 7. The molecule has 2 N–H and O–H groups in total. The van der Waals surface area contributed by atoms with Gasteiger partial charge < -0.3 is 20.1 Å². The van der Waals surface area contributed by atoms with Gasteiger partial charge in [-0.05, 0) is 74.2 Å². The van der Waals surface area contributed by atoms with Crippen LogP contribution < -0.4 is 20.1 Å². The van der Waals surface area contributed by atoms with Gasteiger partial charge in [0.25, 0.3) is 0 Å². The van der Waals surface area contributed by atoms with E-state index >= 15 is 0 Å². The van der Waals surface area contributed by atoms with Crippen molar-refractivity contribution < 1.29 is 23.0 Å². The van der Waals surface area contributed by atoms with E-state index in [1.807, 2.05) is 24.3 Å². The van der Waals surface area contributed by atoms with Crippen molar-refractivity contribution in [1.82, 2.24) is 15.2 Å².